The molecule has 0 radical (unpaired) electrons. The van der Waals surface area contributed by atoms with Gasteiger partial charge in [0.05, 0.1) is 23.4 Å². The van der Waals surface area contributed by atoms with E-state index >= 15 is 0 Å². The van der Waals surface area contributed by atoms with E-state index in [0.29, 0.717) is 4.90 Å². The van der Waals surface area contributed by atoms with E-state index in [1.54, 1.807) is 0 Å². The molecule has 1 heterocycles. The van der Waals surface area contributed by atoms with Crippen LogP contribution < -0.4 is 0 Å². The molecule has 0 aliphatic rings. The number of alkyl halides is 3. The van der Waals surface area contributed by atoms with Gasteiger partial charge >= 0.3 is 6.18 Å². The summed E-state index contributed by atoms with van der Waals surface area (Å²) in [5.41, 5.74) is -1.36. The number of hydrogen-bond acceptors (Lipinski definition) is 4. The third-order valence-corrected chi connectivity index (χ3v) is 2.90. The molecule has 0 N–H and O–H groups in total. The van der Waals surface area contributed by atoms with Gasteiger partial charge in [-0.2, -0.15) is 18.4 Å². The van der Waals surface area contributed by atoms with Crippen LogP contribution in [-0.2, 0) is 6.18 Å². The maximum atomic E-state index is 12.7. The molecule has 0 bridgehead atoms. The number of benzene rings is 1. The van der Waals surface area contributed by atoms with Gasteiger partial charge in [0.1, 0.15) is 6.26 Å². The molecule has 0 saturated heterocycles. The Labute approximate surface area is 104 Å². The lowest BCUT2D eigenvalue weighted by Crippen LogP contribution is -2.07. The molecule has 0 saturated carbocycles. The van der Waals surface area contributed by atoms with Gasteiger partial charge in [-0.15, -0.1) is 0 Å². The van der Waals surface area contributed by atoms with Crippen LogP contribution in [0.15, 0.2) is 45.2 Å². The number of hydrogen-bond donors (Lipinski definition) is 0. The van der Waals surface area contributed by atoms with Crippen LogP contribution in [0.2, 0.25) is 0 Å². The molecule has 1 aromatic heterocycles. The molecule has 0 aliphatic carbocycles. The average Bonchev–Trinajstić information content (AvgIpc) is 2.80. The van der Waals surface area contributed by atoms with Gasteiger partial charge < -0.3 is 4.42 Å². The Balaban J connectivity index is 2.38. The second-order valence-electron chi connectivity index (χ2n) is 3.22. The summed E-state index contributed by atoms with van der Waals surface area (Å²) in [6.07, 6.45) is -1.83. The summed E-state index contributed by atoms with van der Waals surface area (Å²) < 4.78 is 43.0. The second-order valence-corrected chi connectivity index (χ2v) is 4.24. The van der Waals surface area contributed by atoms with Crippen LogP contribution in [0.4, 0.5) is 13.2 Å². The first kappa shape index (κ1) is 12.5. The van der Waals surface area contributed by atoms with Gasteiger partial charge in [0.2, 0.25) is 0 Å². The smallest absolute Gasteiger partial charge is 0.417 e. The topological polar surface area (TPSA) is 49.8 Å². The molecule has 0 unspecified atom stereocenters. The number of aromatic nitrogens is 1. The number of nitriles is 1. The van der Waals surface area contributed by atoms with E-state index in [4.69, 9.17) is 9.68 Å². The predicted molar refractivity (Wildman–Crippen MR) is 56.8 cm³/mol. The molecule has 0 amide bonds. The van der Waals surface area contributed by atoms with E-state index in [1.165, 1.54) is 24.6 Å². The SMILES string of the molecule is N#Cc1ccc(Sc2ncco2)cc1C(F)(F)F. The fraction of sp³-hybridized carbons (Fsp3) is 0.0909. The predicted octanol–water partition coefficient (Wildman–Crippen LogP) is 3.72. The van der Waals surface area contributed by atoms with Crippen molar-refractivity contribution in [2.45, 2.75) is 16.3 Å². The van der Waals surface area contributed by atoms with Crippen molar-refractivity contribution in [2.75, 3.05) is 0 Å². The van der Waals surface area contributed by atoms with Crippen LogP contribution in [0.3, 0.4) is 0 Å². The van der Waals surface area contributed by atoms with Crippen LogP contribution in [0.25, 0.3) is 0 Å². The minimum atomic E-state index is -4.56. The molecule has 2 rings (SSSR count). The first-order chi connectivity index (χ1) is 8.50. The summed E-state index contributed by atoms with van der Waals surface area (Å²) in [6.45, 7) is 0. The Morgan fingerprint density at radius 1 is 1.33 bits per heavy atom. The van der Waals surface area contributed by atoms with Crippen LogP contribution in [0, 0.1) is 11.3 Å². The monoisotopic (exact) mass is 270 g/mol. The molecule has 0 fully saturated rings. The Bertz CT molecular complexity index is 587. The molecule has 1 aromatic carbocycles. The van der Waals surface area contributed by atoms with Gasteiger partial charge in [-0.3, -0.25) is 0 Å². The Hall–Kier alpha value is -1.94. The summed E-state index contributed by atoms with van der Waals surface area (Å²) >= 11 is 0.957. The maximum Gasteiger partial charge on any atom is 0.417 e. The molecule has 0 atom stereocenters. The third-order valence-electron chi connectivity index (χ3n) is 2.03. The van der Waals surface area contributed by atoms with Gasteiger partial charge in [0.25, 0.3) is 5.22 Å². The molecular weight excluding hydrogens is 265 g/mol. The fourth-order valence-electron chi connectivity index (χ4n) is 1.28. The molecule has 3 nitrogen and oxygen atoms in total. The molecule has 92 valence electrons. The highest BCUT2D eigenvalue weighted by Crippen LogP contribution is 2.36. The number of oxazole rings is 1. The van der Waals surface area contributed by atoms with Crippen LogP contribution >= 0.6 is 11.8 Å². The van der Waals surface area contributed by atoms with E-state index in [1.807, 2.05) is 0 Å². The minimum Gasteiger partial charge on any atom is -0.440 e. The molecule has 7 heteroatoms. The van der Waals surface area contributed by atoms with Crippen molar-refractivity contribution in [1.82, 2.24) is 4.98 Å². The fourth-order valence-corrected chi connectivity index (χ4v) is 2.01. The zero-order chi connectivity index (χ0) is 13.2. The zero-order valence-electron chi connectivity index (χ0n) is 8.73. The van der Waals surface area contributed by atoms with E-state index in [-0.39, 0.29) is 5.22 Å². The Morgan fingerprint density at radius 2 is 2.11 bits per heavy atom. The van der Waals surface area contributed by atoms with Crippen molar-refractivity contribution in [3.8, 4) is 6.07 Å². The zero-order valence-corrected chi connectivity index (χ0v) is 9.55. The van der Waals surface area contributed by atoms with Gasteiger partial charge in [-0.1, -0.05) is 0 Å². The number of nitrogens with zero attached hydrogens (tertiary/aromatic N) is 2. The largest absolute Gasteiger partial charge is 0.440 e. The number of rotatable bonds is 2. The first-order valence-corrected chi connectivity index (χ1v) is 5.51. The summed E-state index contributed by atoms with van der Waals surface area (Å²) in [6, 6.07) is 4.98. The molecular formula is C11H5F3N2OS. The van der Waals surface area contributed by atoms with Gasteiger partial charge in [0, 0.05) is 4.90 Å². The van der Waals surface area contributed by atoms with Gasteiger partial charge in [-0.05, 0) is 30.0 Å². The van der Waals surface area contributed by atoms with Crippen molar-refractivity contribution in [3.05, 3.63) is 41.8 Å². The van der Waals surface area contributed by atoms with E-state index in [0.717, 1.165) is 23.9 Å². The van der Waals surface area contributed by atoms with Crippen molar-refractivity contribution in [3.63, 3.8) is 0 Å². The molecule has 0 spiro atoms. The normalized spacial score (nSPS) is 11.2. The summed E-state index contributed by atoms with van der Waals surface area (Å²) in [7, 11) is 0. The molecule has 2 aromatic rings. The van der Waals surface area contributed by atoms with Crippen molar-refractivity contribution >= 4 is 11.8 Å². The number of halogens is 3. The summed E-state index contributed by atoms with van der Waals surface area (Å²) in [5.74, 6) is 0. The standard InChI is InChI=1S/C11H5F3N2OS/c12-11(13,14)9-5-8(2-1-7(9)6-15)18-10-16-3-4-17-10/h1-5H. The third kappa shape index (κ3) is 2.65. The first-order valence-electron chi connectivity index (χ1n) is 4.69. The summed E-state index contributed by atoms with van der Waals surface area (Å²) in [4.78, 5) is 4.11. The van der Waals surface area contributed by atoms with Crippen LogP contribution in [0.1, 0.15) is 11.1 Å². The average molecular weight is 270 g/mol. The van der Waals surface area contributed by atoms with E-state index < -0.39 is 17.3 Å². The van der Waals surface area contributed by atoms with Crippen molar-refractivity contribution in [1.29, 1.82) is 5.26 Å². The van der Waals surface area contributed by atoms with Crippen molar-refractivity contribution < 1.29 is 17.6 Å². The highest BCUT2D eigenvalue weighted by atomic mass is 32.2. The van der Waals surface area contributed by atoms with Crippen LogP contribution in [-0.4, -0.2) is 4.98 Å². The highest BCUT2D eigenvalue weighted by Gasteiger charge is 2.33. The van der Waals surface area contributed by atoms with Gasteiger partial charge in [-0.25, -0.2) is 4.98 Å². The Morgan fingerprint density at radius 3 is 2.67 bits per heavy atom. The lowest BCUT2D eigenvalue weighted by molar-refractivity contribution is -0.137. The summed E-state index contributed by atoms with van der Waals surface area (Å²) in [5, 5.41) is 8.89. The Kier molecular flexibility index (Phi) is 3.30. The molecule has 0 aliphatic heterocycles. The van der Waals surface area contributed by atoms with Crippen LogP contribution in [0.5, 0.6) is 0 Å². The van der Waals surface area contributed by atoms with Crippen molar-refractivity contribution in [2.24, 2.45) is 0 Å². The lowest BCUT2D eigenvalue weighted by atomic mass is 10.1. The molecule has 18 heavy (non-hydrogen) atoms. The minimum absolute atomic E-state index is 0.243. The van der Waals surface area contributed by atoms with E-state index in [2.05, 4.69) is 4.98 Å². The quantitative estimate of drug-likeness (QED) is 0.834. The van der Waals surface area contributed by atoms with E-state index in [9.17, 15) is 13.2 Å². The second kappa shape index (κ2) is 4.74. The van der Waals surface area contributed by atoms with Gasteiger partial charge in [0.15, 0.2) is 0 Å². The highest BCUT2D eigenvalue weighted by molar-refractivity contribution is 7.99. The lowest BCUT2D eigenvalue weighted by Gasteiger charge is -2.09. The maximum absolute atomic E-state index is 12.7.